The van der Waals surface area contributed by atoms with Crippen molar-refractivity contribution in [2.24, 2.45) is 9.98 Å². The lowest BCUT2D eigenvalue weighted by molar-refractivity contribution is 0.653. The number of halogens is 2. The standard InChI is InChI=1S/C8H12N4.2ClH/c1-6-11-7(9-2)5-8-10-3-4-12(6)8;;/h5,9H,3-4H2,1-2H3;2*1H. The lowest BCUT2D eigenvalue weighted by Crippen LogP contribution is -2.35. The fourth-order valence-corrected chi connectivity index (χ4v) is 1.43. The van der Waals surface area contributed by atoms with E-state index in [4.69, 9.17) is 0 Å². The monoisotopic (exact) mass is 236 g/mol. The highest BCUT2D eigenvalue weighted by Gasteiger charge is 2.21. The number of amidine groups is 2. The molecule has 2 aliphatic rings. The van der Waals surface area contributed by atoms with E-state index < -0.39 is 0 Å². The SMILES string of the molecule is CNC1=CC2=NCCN2C(C)=N1.Cl.Cl. The Morgan fingerprint density at radius 2 is 2.14 bits per heavy atom. The fraction of sp³-hybridized carbons (Fsp3) is 0.500. The molecule has 2 heterocycles. The molecule has 0 radical (unpaired) electrons. The Hall–Kier alpha value is -0.740. The van der Waals surface area contributed by atoms with Crippen molar-refractivity contribution in [1.82, 2.24) is 10.2 Å². The molecule has 0 saturated carbocycles. The van der Waals surface area contributed by atoms with E-state index in [0.29, 0.717) is 0 Å². The van der Waals surface area contributed by atoms with Gasteiger partial charge in [0.15, 0.2) is 0 Å². The maximum absolute atomic E-state index is 4.36. The fourth-order valence-electron chi connectivity index (χ4n) is 1.43. The van der Waals surface area contributed by atoms with Gasteiger partial charge in [0.05, 0.1) is 6.54 Å². The Kier molecular flexibility index (Phi) is 4.94. The zero-order valence-electron chi connectivity index (χ0n) is 8.15. The van der Waals surface area contributed by atoms with Crippen LogP contribution in [0, 0.1) is 0 Å². The molecule has 0 aliphatic carbocycles. The summed E-state index contributed by atoms with van der Waals surface area (Å²) in [5.74, 6) is 2.95. The largest absolute Gasteiger partial charge is 0.373 e. The molecule has 0 fully saturated rings. The lowest BCUT2D eigenvalue weighted by atomic mass is 10.3. The predicted molar refractivity (Wildman–Crippen MR) is 63.8 cm³/mol. The quantitative estimate of drug-likeness (QED) is 0.740. The van der Waals surface area contributed by atoms with E-state index in [0.717, 1.165) is 30.6 Å². The first-order valence-electron chi connectivity index (χ1n) is 4.08. The molecule has 0 aromatic carbocycles. The summed E-state index contributed by atoms with van der Waals surface area (Å²) in [6.07, 6.45) is 1.97. The van der Waals surface area contributed by atoms with Gasteiger partial charge in [-0.2, -0.15) is 0 Å². The van der Waals surface area contributed by atoms with Gasteiger partial charge in [0.1, 0.15) is 17.5 Å². The predicted octanol–water partition coefficient (Wildman–Crippen LogP) is 1.04. The molecule has 2 rings (SSSR count). The van der Waals surface area contributed by atoms with E-state index in [1.807, 2.05) is 20.0 Å². The third-order valence-electron chi connectivity index (χ3n) is 2.07. The average molecular weight is 237 g/mol. The summed E-state index contributed by atoms with van der Waals surface area (Å²) in [4.78, 5) is 10.8. The first-order chi connectivity index (χ1) is 5.81. The molecule has 1 N–H and O–H groups in total. The molecule has 0 unspecified atom stereocenters. The molecule has 80 valence electrons. The van der Waals surface area contributed by atoms with Gasteiger partial charge in [-0.3, -0.25) is 4.99 Å². The van der Waals surface area contributed by atoms with Gasteiger partial charge in [-0.05, 0) is 6.92 Å². The van der Waals surface area contributed by atoms with Crippen LogP contribution in [0.25, 0.3) is 0 Å². The van der Waals surface area contributed by atoms with Gasteiger partial charge < -0.3 is 10.2 Å². The molecule has 0 aromatic rings. The first kappa shape index (κ1) is 13.3. The summed E-state index contributed by atoms with van der Waals surface area (Å²) >= 11 is 0. The van der Waals surface area contributed by atoms with Crippen LogP contribution in [0.5, 0.6) is 0 Å². The van der Waals surface area contributed by atoms with Gasteiger partial charge in [0, 0.05) is 19.7 Å². The molecule has 0 atom stereocenters. The second kappa shape index (κ2) is 5.22. The number of nitrogens with one attached hydrogen (secondary N) is 1. The minimum Gasteiger partial charge on any atom is -0.373 e. The van der Waals surface area contributed by atoms with Gasteiger partial charge in [-0.25, -0.2) is 4.99 Å². The van der Waals surface area contributed by atoms with Crippen LogP contribution in [0.15, 0.2) is 21.9 Å². The maximum atomic E-state index is 4.36. The minimum atomic E-state index is 0. The van der Waals surface area contributed by atoms with E-state index >= 15 is 0 Å². The summed E-state index contributed by atoms with van der Waals surface area (Å²) in [5, 5.41) is 3.01. The van der Waals surface area contributed by atoms with Crippen LogP contribution in [0.3, 0.4) is 0 Å². The van der Waals surface area contributed by atoms with Gasteiger partial charge in [-0.1, -0.05) is 0 Å². The molecule has 4 nitrogen and oxygen atoms in total. The zero-order chi connectivity index (χ0) is 8.55. The summed E-state index contributed by atoms with van der Waals surface area (Å²) in [6.45, 7) is 3.86. The molecule has 6 heteroatoms. The molecular weight excluding hydrogens is 223 g/mol. The number of hydrogen-bond acceptors (Lipinski definition) is 4. The Balaban J connectivity index is 0.000000845. The van der Waals surface area contributed by atoms with E-state index in [-0.39, 0.29) is 24.8 Å². The van der Waals surface area contributed by atoms with Crippen molar-refractivity contribution in [3.63, 3.8) is 0 Å². The Bertz CT molecular complexity index is 296. The Labute approximate surface area is 96.0 Å². The summed E-state index contributed by atoms with van der Waals surface area (Å²) in [5.41, 5.74) is 0. The van der Waals surface area contributed by atoms with E-state index in [1.165, 1.54) is 0 Å². The minimum absolute atomic E-state index is 0. The highest BCUT2D eigenvalue weighted by molar-refractivity contribution is 6.08. The van der Waals surface area contributed by atoms with Gasteiger partial charge in [0.25, 0.3) is 0 Å². The second-order valence-electron chi connectivity index (χ2n) is 2.83. The second-order valence-corrected chi connectivity index (χ2v) is 2.83. The van der Waals surface area contributed by atoms with Crippen molar-refractivity contribution in [2.75, 3.05) is 20.1 Å². The van der Waals surface area contributed by atoms with Crippen molar-refractivity contribution >= 4 is 36.5 Å². The molecule has 2 aliphatic heterocycles. The highest BCUT2D eigenvalue weighted by Crippen LogP contribution is 2.12. The van der Waals surface area contributed by atoms with Crippen LogP contribution in [0.2, 0.25) is 0 Å². The van der Waals surface area contributed by atoms with Crippen LogP contribution >= 0.6 is 24.8 Å². The zero-order valence-corrected chi connectivity index (χ0v) is 9.78. The average Bonchev–Trinajstić information content (AvgIpc) is 2.52. The van der Waals surface area contributed by atoms with Crippen molar-refractivity contribution in [1.29, 1.82) is 0 Å². The van der Waals surface area contributed by atoms with Crippen molar-refractivity contribution in [3.05, 3.63) is 11.9 Å². The summed E-state index contributed by atoms with van der Waals surface area (Å²) in [6, 6.07) is 0. The maximum Gasteiger partial charge on any atom is 0.132 e. The highest BCUT2D eigenvalue weighted by atomic mass is 35.5. The van der Waals surface area contributed by atoms with E-state index in [9.17, 15) is 0 Å². The van der Waals surface area contributed by atoms with Crippen LogP contribution in [-0.2, 0) is 0 Å². The van der Waals surface area contributed by atoms with Crippen LogP contribution in [0.4, 0.5) is 0 Å². The smallest absolute Gasteiger partial charge is 0.132 e. The number of nitrogens with zero attached hydrogens (tertiary/aromatic N) is 3. The third kappa shape index (κ3) is 2.19. The number of aliphatic imine (C=N–C) groups is 2. The van der Waals surface area contributed by atoms with Gasteiger partial charge >= 0.3 is 0 Å². The van der Waals surface area contributed by atoms with Crippen LogP contribution in [0.1, 0.15) is 6.92 Å². The van der Waals surface area contributed by atoms with Crippen LogP contribution < -0.4 is 5.32 Å². The number of hydrogen-bond donors (Lipinski definition) is 1. The van der Waals surface area contributed by atoms with E-state index in [2.05, 4.69) is 20.2 Å². The first-order valence-corrected chi connectivity index (χ1v) is 4.08. The normalized spacial score (nSPS) is 18.1. The number of rotatable bonds is 1. The summed E-state index contributed by atoms with van der Waals surface area (Å²) in [7, 11) is 1.87. The molecule has 0 amide bonds. The van der Waals surface area contributed by atoms with Gasteiger partial charge in [0.2, 0.25) is 0 Å². The topological polar surface area (TPSA) is 40.0 Å². The molecule has 0 aromatic heterocycles. The molecule has 0 bridgehead atoms. The Morgan fingerprint density at radius 1 is 1.43 bits per heavy atom. The molecule has 0 spiro atoms. The summed E-state index contributed by atoms with van der Waals surface area (Å²) < 4.78 is 0. The van der Waals surface area contributed by atoms with Crippen molar-refractivity contribution in [3.8, 4) is 0 Å². The van der Waals surface area contributed by atoms with E-state index in [1.54, 1.807) is 0 Å². The lowest BCUT2D eigenvalue weighted by Gasteiger charge is -2.22. The molecule has 0 saturated heterocycles. The van der Waals surface area contributed by atoms with Crippen molar-refractivity contribution < 1.29 is 0 Å². The third-order valence-corrected chi connectivity index (χ3v) is 2.07. The van der Waals surface area contributed by atoms with Gasteiger partial charge in [-0.15, -0.1) is 24.8 Å². The molecule has 14 heavy (non-hydrogen) atoms. The Morgan fingerprint density at radius 3 is 2.79 bits per heavy atom. The van der Waals surface area contributed by atoms with Crippen LogP contribution in [-0.4, -0.2) is 36.7 Å². The number of fused-ring (bicyclic) bond motifs is 1. The van der Waals surface area contributed by atoms with Crippen molar-refractivity contribution in [2.45, 2.75) is 6.92 Å². The molecular formula is C8H14Cl2N4.